The summed E-state index contributed by atoms with van der Waals surface area (Å²) in [4.78, 5) is 16.0. The van der Waals surface area contributed by atoms with E-state index in [1.165, 1.54) is 5.56 Å². The number of benzene rings is 1. The summed E-state index contributed by atoms with van der Waals surface area (Å²) in [6.45, 7) is 2.18. The van der Waals surface area contributed by atoms with Crippen molar-refractivity contribution < 1.29 is 4.79 Å². The molecule has 0 saturated carbocycles. The Kier molecular flexibility index (Phi) is 2.44. The predicted octanol–water partition coefficient (Wildman–Crippen LogP) is 1.68. The molecule has 0 spiro atoms. The molecular weight excluding hydrogens is 176 g/mol. The van der Waals surface area contributed by atoms with E-state index in [-0.39, 0.29) is 0 Å². The third kappa shape index (κ3) is 1.74. The molecule has 1 aliphatic heterocycles. The molecule has 1 aromatic carbocycles. The van der Waals surface area contributed by atoms with Crippen LogP contribution < -0.4 is 0 Å². The van der Waals surface area contributed by atoms with E-state index in [2.05, 4.69) is 23.0 Å². The first-order valence-corrected chi connectivity index (χ1v) is 4.66. The Labute approximate surface area is 83.1 Å². The molecule has 0 unspecified atom stereocenters. The molecule has 14 heavy (non-hydrogen) atoms. The fraction of sp³-hybridized carbons (Fsp3) is 0.364. The average Bonchev–Trinajstić information content (AvgIpc) is 2.14. The van der Waals surface area contributed by atoms with Gasteiger partial charge in [-0.1, -0.05) is 12.1 Å². The topological polar surface area (TPSA) is 32.7 Å². The van der Waals surface area contributed by atoms with E-state index >= 15 is 0 Å². The molecule has 1 aromatic rings. The summed E-state index contributed by atoms with van der Waals surface area (Å²) in [5, 5.41) is 0. The molecule has 3 heteroatoms. The van der Waals surface area contributed by atoms with Gasteiger partial charge in [0, 0.05) is 19.0 Å². The van der Waals surface area contributed by atoms with E-state index in [1.54, 1.807) is 6.08 Å². The standard InChI is InChI=1S/C11H12N2O/c1-13-6-10(7-13)9-3-2-4-11(5-9)12-8-14/h2-5,10H,6-7H2,1H3. The van der Waals surface area contributed by atoms with Crippen molar-refractivity contribution >= 4 is 11.8 Å². The smallest absolute Gasteiger partial charge is 0.240 e. The molecule has 1 saturated heterocycles. The van der Waals surface area contributed by atoms with E-state index in [0.717, 1.165) is 13.1 Å². The van der Waals surface area contributed by atoms with Crippen LogP contribution in [0.4, 0.5) is 5.69 Å². The fourth-order valence-corrected chi connectivity index (χ4v) is 1.81. The number of likely N-dealkylation sites (tertiary alicyclic amines) is 1. The van der Waals surface area contributed by atoms with Gasteiger partial charge in [0.1, 0.15) is 0 Å². The number of rotatable bonds is 2. The zero-order chi connectivity index (χ0) is 9.97. The molecule has 0 N–H and O–H groups in total. The highest BCUT2D eigenvalue weighted by Gasteiger charge is 2.24. The largest absolute Gasteiger partial charge is 0.305 e. The summed E-state index contributed by atoms with van der Waals surface area (Å²) in [7, 11) is 2.10. The highest BCUT2D eigenvalue weighted by molar-refractivity contribution is 5.50. The maximum absolute atomic E-state index is 10.1. The second-order valence-electron chi connectivity index (χ2n) is 3.72. The van der Waals surface area contributed by atoms with Crippen LogP contribution in [-0.2, 0) is 4.79 Å². The summed E-state index contributed by atoms with van der Waals surface area (Å²) >= 11 is 0. The molecule has 0 amide bonds. The highest BCUT2D eigenvalue weighted by atomic mass is 16.1. The zero-order valence-corrected chi connectivity index (χ0v) is 8.10. The van der Waals surface area contributed by atoms with Gasteiger partial charge in [-0.05, 0) is 24.7 Å². The minimum absolute atomic E-state index is 0.599. The quantitative estimate of drug-likeness (QED) is 0.522. The van der Waals surface area contributed by atoms with E-state index in [4.69, 9.17) is 0 Å². The monoisotopic (exact) mass is 188 g/mol. The van der Waals surface area contributed by atoms with Crippen molar-refractivity contribution in [2.45, 2.75) is 5.92 Å². The first-order chi connectivity index (χ1) is 6.79. The Morgan fingerprint density at radius 3 is 2.93 bits per heavy atom. The first-order valence-electron chi connectivity index (χ1n) is 4.66. The zero-order valence-electron chi connectivity index (χ0n) is 8.10. The Morgan fingerprint density at radius 2 is 2.29 bits per heavy atom. The van der Waals surface area contributed by atoms with E-state index in [0.29, 0.717) is 11.6 Å². The number of carbonyl (C=O) groups excluding carboxylic acids is 1. The maximum Gasteiger partial charge on any atom is 0.240 e. The van der Waals surface area contributed by atoms with Gasteiger partial charge in [-0.15, -0.1) is 0 Å². The van der Waals surface area contributed by atoms with Crippen LogP contribution in [0.15, 0.2) is 29.3 Å². The van der Waals surface area contributed by atoms with E-state index in [1.807, 2.05) is 18.2 Å². The summed E-state index contributed by atoms with van der Waals surface area (Å²) in [5.74, 6) is 0.599. The molecule has 0 bridgehead atoms. The minimum atomic E-state index is 0.599. The van der Waals surface area contributed by atoms with E-state index in [9.17, 15) is 4.79 Å². The van der Waals surface area contributed by atoms with Crippen LogP contribution in [0.25, 0.3) is 0 Å². The number of nitrogens with zero attached hydrogens (tertiary/aromatic N) is 2. The minimum Gasteiger partial charge on any atom is -0.305 e. The third-order valence-corrected chi connectivity index (χ3v) is 2.58. The van der Waals surface area contributed by atoms with Crippen molar-refractivity contribution in [3.05, 3.63) is 29.8 Å². The van der Waals surface area contributed by atoms with Gasteiger partial charge in [0.25, 0.3) is 0 Å². The molecule has 72 valence electrons. The Hall–Kier alpha value is -1.44. The third-order valence-electron chi connectivity index (χ3n) is 2.58. The SMILES string of the molecule is CN1CC(c2cccc(N=C=O)c2)C1. The van der Waals surface area contributed by atoms with E-state index < -0.39 is 0 Å². The van der Waals surface area contributed by atoms with Crippen LogP contribution in [0.3, 0.4) is 0 Å². The lowest BCUT2D eigenvalue weighted by Gasteiger charge is -2.36. The summed E-state index contributed by atoms with van der Waals surface area (Å²) in [5.41, 5.74) is 1.96. The van der Waals surface area contributed by atoms with Gasteiger partial charge in [-0.3, -0.25) is 0 Å². The number of hydrogen-bond donors (Lipinski definition) is 0. The lowest BCUT2D eigenvalue weighted by atomic mass is 9.92. The van der Waals surface area contributed by atoms with Crippen LogP contribution in [0.2, 0.25) is 0 Å². The lowest BCUT2D eigenvalue weighted by Crippen LogP contribution is -2.41. The molecule has 1 aliphatic rings. The number of hydrogen-bond acceptors (Lipinski definition) is 3. The van der Waals surface area contributed by atoms with Gasteiger partial charge in [0.15, 0.2) is 0 Å². The Morgan fingerprint density at radius 1 is 1.50 bits per heavy atom. The molecule has 2 rings (SSSR count). The average molecular weight is 188 g/mol. The normalized spacial score (nSPS) is 17.2. The van der Waals surface area contributed by atoms with Gasteiger partial charge in [0.05, 0.1) is 5.69 Å². The second-order valence-corrected chi connectivity index (χ2v) is 3.72. The van der Waals surface area contributed by atoms with Crippen LogP contribution >= 0.6 is 0 Å². The fourth-order valence-electron chi connectivity index (χ4n) is 1.81. The molecule has 0 atom stereocenters. The Bertz CT molecular complexity index is 377. The molecular formula is C11H12N2O. The highest BCUT2D eigenvalue weighted by Crippen LogP contribution is 2.27. The summed E-state index contributed by atoms with van der Waals surface area (Å²) in [6.07, 6.45) is 1.56. The number of isocyanates is 1. The van der Waals surface area contributed by atoms with Crippen molar-refractivity contribution in [3.8, 4) is 0 Å². The molecule has 0 aliphatic carbocycles. The van der Waals surface area contributed by atoms with Gasteiger partial charge >= 0.3 is 0 Å². The molecule has 1 heterocycles. The van der Waals surface area contributed by atoms with Crippen molar-refractivity contribution in [1.29, 1.82) is 0 Å². The van der Waals surface area contributed by atoms with Crippen LogP contribution in [0.1, 0.15) is 11.5 Å². The van der Waals surface area contributed by atoms with Crippen molar-refractivity contribution in [2.75, 3.05) is 20.1 Å². The van der Waals surface area contributed by atoms with Crippen LogP contribution in [0, 0.1) is 0 Å². The lowest BCUT2D eigenvalue weighted by molar-refractivity contribution is 0.190. The molecule has 0 radical (unpaired) electrons. The van der Waals surface area contributed by atoms with Crippen LogP contribution in [0.5, 0.6) is 0 Å². The number of aliphatic imine (C=N–C) groups is 1. The van der Waals surface area contributed by atoms with Crippen LogP contribution in [-0.4, -0.2) is 31.1 Å². The molecule has 1 fully saturated rings. The second kappa shape index (κ2) is 3.74. The summed E-state index contributed by atoms with van der Waals surface area (Å²) in [6, 6.07) is 7.80. The van der Waals surface area contributed by atoms with Gasteiger partial charge in [-0.25, -0.2) is 4.79 Å². The van der Waals surface area contributed by atoms with Crippen molar-refractivity contribution in [2.24, 2.45) is 4.99 Å². The first kappa shape index (κ1) is 9.13. The van der Waals surface area contributed by atoms with Crippen molar-refractivity contribution in [3.63, 3.8) is 0 Å². The van der Waals surface area contributed by atoms with Crippen molar-refractivity contribution in [1.82, 2.24) is 4.90 Å². The number of likely N-dealkylation sites (N-methyl/N-ethyl adjacent to an activating group) is 1. The Balaban J connectivity index is 2.18. The summed E-state index contributed by atoms with van der Waals surface area (Å²) < 4.78 is 0. The molecule has 3 nitrogen and oxygen atoms in total. The maximum atomic E-state index is 10.1. The predicted molar refractivity (Wildman–Crippen MR) is 54.5 cm³/mol. The van der Waals surface area contributed by atoms with Gasteiger partial charge < -0.3 is 4.90 Å². The van der Waals surface area contributed by atoms with Gasteiger partial charge in [-0.2, -0.15) is 4.99 Å². The molecule has 0 aromatic heterocycles. The van der Waals surface area contributed by atoms with Gasteiger partial charge in [0.2, 0.25) is 6.08 Å².